The minimum Gasteiger partial charge on any atom is -0.343 e. The van der Waals surface area contributed by atoms with Gasteiger partial charge in [0.05, 0.1) is 11.4 Å². The summed E-state index contributed by atoms with van der Waals surface area (Å²) in [6, 6.07) is 6.58. The molecule has 5 nitrogen and oxygen atoms in total. The summed E-state index contributed by atoms with van der Waals surface area (Å²) in [5, 5.41) is 1.20. The zero-order chi connectivity index (χ0) is 30.6. The van der Waals surface area contributed by atoms with Crippen LogP contribution in [-0.2, 0) is 11.2 Å². The maximum absolute atomic E-state index is 13.4. The number of fused-ring (bicyclic) bond motifs is 2. The van der Waals surface area contributed by atoms with Crippen LogP contribution in [0.5, 0.6) is 0 Å². The number of nitrogens with zero attached hydrogens (tertiary/aromatic N) is 3. The van der Waals surface area contributed by atoms with E-state index in [9.17, 15) is 9.59 Å². The van der Waals surface area contributed by atoms with Gasteiger partial charge in [0.25, 0.3) is 0 Å². The molecule has 0 saturated carbocycles. The maximum atomic E-state index is 13.4. The monoisotopic (exact) mass is 585 g/mol. The van der Waals surface area contributed by atoms with Gasteiger partial charge in [0.2, 0.25) is 11.8 Å². The van der Waals surface area contributed by atoms with Crippen molar-refractivity contribution in [1.29, 1.82) is 0 Å². The number of hydrogen-bond acceptors (Lipinski definition) is 3. The number of rotatable bonds is 17. The van der Waals surface area contributed by atoms with Gasteiger partial charge in [0.15, 0.2) is 0 Å². The Morgan fingerprint density at radius 1 is 0.907 bits per heavy atom. The van der Waals surface area contributed by atoms with E-state index in [0.29, 0.717) is 6.42 Å². The molecule has 234 valence electrons. The van der Waals surface area contributed by atoms with Crippen LogP contribution in [0.1, 0.15) is 114 Å². The van der Waals surface area contributed by atoms with Crippen LogP contribution in [0.3, 0.4) is 0 Å². The van der Waals surface area contributed by atoms with Gasteiger partial charge in [-0.05, 0) is 88.6 Å². The van der Waals surface area contributed by atoms with Crippen molar-refractivity contribution in [2.75, 3.05) is 26.7 Å². The second-order valence-corrected chi connectivity index (χ2v) is 12.5. The van der Waals surface area contributed by atoms with Gasteiger partial charge < -0.3 is 4.90 Å². The summed E-state index contributed by atoms with van der Waals surface area (Å²) in [6.45, 7) is 8.56. The van der Waals surface area contributed by atoms with Crippen molar-refractivity contribution >= 4 is 28.3 Å². The van der Waals surface area contributed by atoms with Crippen LogP contribution in [0.25, 0.3) is 16.5 Å². The maximum Gasteiger partial charge on any atom is 0.231 e. The number of hydrogen-bond donors (Lipinski definition) is 0. The zero-order valence-corrected chi connectivity index (χ0v) is 27.3. The van der Waals surface area contributed by atoms with Crippen molar-refractivity contribution in [1.82, 2.24) is 14.4 Å². The van der Waals surface area contributed by atoms with Crippen LogP contribution in [0, 0.1) is 5.92 Å². The van der Waals surface area contributed by atoms with Gasteiger partial charge >= 0.3 is 0 Å². The van der Waals surface area contributed by atoms with E-state index in [2.05, 4.69) is 73.6 Å². The van der Waals surface area contributed by atoms with E-state index in [1.165, 1.54) is 67.0 Å². The smallest absolute Gasteiger partial charge is 0.231 e. The molecule has 0 saturated heterocycles. The van der Waals surface area contributed by atoms with E-state index in [4.69, 9.17) is 0 Å². The third-order valence-corrected chi connectivity index (χ3v) is 9.39. The Balaban J connectivity index is 1.28. The van der Waals surface area contributed by atoms with Crippen molar-refractivity contribution in [3.05, 3.63) is 65.9 Å². The van der Waals surface area contributed by atoms with Crippen molar-refractivity contribution in [3.8, 4) is 0 Å². The van der Waals surface area contributed by atoms with Gasteiger partial charge in [0, 0.05) is 43.7 Å². The quantitative estimate of drug-likeness (QED) is 0.138. The lowest BCUT2D eigenvalue weighted by Crippen LogP contribution is -2.47. The highest BCUT2D eigenvalue weighted by atomic mass is 16.2. The first-order valence-electron chi connectivity index (χ1n) is 17.2. The Morgan fingerprint density at radius 3 is 2.33 bits per heavy atom. The van der Waals surface area contributed by atoms with Crippen LogP contribution in [0.4, 0.5) is 0 Å². The highest BCUT2D eigenvalue weighted by Gasteiger charge is 2.37. The second kappa shape index (κ2) is 16.8. The van der Waals surface area contributed by atoms with E-state index in [1.807, 2.05) is 23.3 Å². The molecule has 2 atom stereocenters. The van der Waals surface area contributed by atoms with E-state index >= 15 is 0 Å². The molecule has 1 amide bonds. The molecule has 43 heavy (non-hydrogen) atoms. The summed E-state index contributed by atoms with van der Waals surface area (Å²) in [4.78, 5) is 30.9. The molecule has 2 aliphatic rings. The van der Waals surface area contributed by atoms with Gasteiger partial charge in [-0.1, -0.05) is 81.5 Å². The van der Waals surface area contributed by atoms with Gasteiger partial charge in [-0.3, -0.25) is 19.1 Å². The van der Waals surface area contributed by atoms with Crippen molar-refractivity contribution < 1.29 is 9.59 Å². The van der Waals surface area contributed by atoms with Crippen LogP contribution < -0.4 is 0 Å². The Kier molecular flexibility index (Phi) is 12.9. The zero-order valence-electron chi connectivity index (χ0n) is 27.3. The molecular formula is C38H55N3O2. The summed E-state index contributed by atoms with van der Waals surface area (Å²) in [6.07, 6.45) is 28.1. The van der Waals surface area contributed by atoms with E-state index < -0.39 is 0 Å². The van der Waals surface area contributed by atoms with Crippen LogP contribution in [0.15, 0.2) is 54.8 Å². The first kappa shape index (κ1) is 33.0. The molecule has 1 aromatic carbocycles. The molecule has 0 N–H and O–H groups in total. The fraction of sp³-hybridized carbons (Fsp3) is 0.579. The molecule has 1 aromatic heterocycles. The number of benzene rings is 1. The molecule has 0 fully saturated rings. The normalized spacial score (nSPS) is 18.5. The van der Waals surface area contributed by atoms with Crippen LogP contribution >= 0.6 is 0 Å². The van der Waals surface area contributed by atoms with Gasteiger partial charge in [-0.2, -0.15) is 0 Å². The molecule has 1 aliphatic heterocycles. The van der Waals surface area contributed by atoms with E-state index in [-0.39, 0.29) is 23.8 Å². The lowest BCUT2D eigenvalue weighted by Gasteiger charge is -2.40. The number of likely N-dealkylation sites (N-methyl/N-ethyl adjacent to an activating group) is 1. The Hall–Kier alpha value is -2.92. The predicted octanol–water partition coefficient (Wildman–Crippen LogP) is 8.83. The van der Waals surface area contributed by atoms with Gasteiger partial charge in [-0.15, -0.1) is 0 Å². The third kappa shape index (κ3) is 8.38. The largest absolute Gasteiger partial charge is 0.343 e. The SMILES string of the molecule is CCCCC/C=C\C/C=C\CCCCCCCC(=O)n1cc2c3c(cccc31)C1=C[C@@H](C(=O)N(CC)CC)CN(C)[C@@H]1C2. The number of allylic oxidation sites excluding steroid dienone is 4. The van der Waals surface area contributed by atoms with Gasteiger partial charge in [0.1, 0.15) is 0 Å². The van der Waals surface area contributed by atoms with Crippen LogP contribution in [0.2, 0.25) is 0 Å². The van der Waals surface area contributed by atoms with Crippen molar-refractivity contribution in [2.24, 2.45) is 5.92 Å². The lowest BCUT2D eigenvalue weighted by molar-refractivity contribution is -0.134. The summed E-state index contributed by atoms with van der Waals surface area (Å²) >= 11 is 0. The summed E-state index contributed by atoms with van der Waals surface area (Å²) in [7, 11) is 2.14. The average Bonchev–Trinajstić information content (AvgIpc) is 3.39. The Labute approximate surface area is 260 Å². The minimum absolute atomic E-state index is 0.130. The number of aromatic nitrogens is 1. The lowest BCUT2D eigenvalue weighted by atomic mass is 9.79. The first-order chi connectivity index (χ1) is 21.0. The molecule has 0 radical (unpaired) electrons. The average molecular weight is 586 g/mol. The molecule has 0 unspecified atom stereocenters. The highest BCUT2D eigenvalue weighted by molar-refractivity contribution is 6.03. The fourth-order valence-corrected chi connectivity index (χ4v) is 6.90. The minimum atomic E-state index is -0.130. The van der Waals surface area contributed by atoms with E-state index in [0.717, 1.165) is 57.3 Å². The molecule has 5 heteroatoms. The Bertz CT molecular complexity index is 1300. The molecule has 0 spiro atoms. The molecule has 2 aromatic rings. The Morgan fingerprint density at radius 2 is 1.60 bits per heavy atom. The number of amides is 1. The number of unbranched alkanes of at least 4 members (excludes halogenated alkanes) is 8. The number of carbonyl (C=O) groups is 2. The van der Waals surface area contributed by atoms with Crippen molar-refractivity contribution in [2.45, 2.75) is 110 Å². The highest BCUT2D eigenvalue weighted by Crippen LogP contribution is 2.42. The summed E-state index contributed by atoms with van der Waals surface area (Å²) < 4.78 is 1.91. The van der Waals surface area contributed by atoms with Gasteiger partial charge in [-0.25, -0.2) is 0 Å². The molecule has 4 rings (SSSR count). The third-order valence-electron chi connectivity index (χ3n) is 9.39. The first-order valence-corrected chi connectivity index (χ1v) is 17.2. The summed E-state index contributed by atoms with van der Waals surface area (Å²) in [5.74, 6) is 0.279. The second-order valence-electron chi connectivity index (χ2n) is 12.5. The van der Waals surface area contributed by atoms with E-state index in [1.54, 1.807) is 0 Å². The van der Waals surface area contributed by atoms with Crippen LogP contribution in [-0.4, -0.2) is 58.9 Å². The molecule has 2 heterocycles. The van der Waals surface area contributed by atoms with Crippen molar-refractivity contribution in [3.63, 3.8) is 0 Å². The number of carbonyl (C=O) groups excluding carboxylic acids is 2. The standard InChI is InChI=1S/C38H55N3O2/c1-5-8-9-10-11-12-13-14-15-16-17-18-19-20-21-25-36(42)41-29-30-27-35-33(32-23-22-24-34(41)37(30)32)26-31(28-39(35)4)38(43)40(6-2)7-3/h11-12,14-15,22-24,26,29,31,35H,5-10,13,16-21,25,27-28H2,1-4H3/b12-11-,15-14-/t31-,35-/m1/s1. The predicted molar refractivity (Wildman–Crippen MR) is 181 cm³/mol. The topological polar surface area (TPSA) is 45.6 Å². The molecular weight excluding hydrogens is 530 g/mol. The fourth-order valence-electron chi connectivity index (χ4n) is 6.90. The molecule has 1 aliphatic carbocycles. The summed E-state index contributed by atoms with van der Waals surface area (Å²) in [5.41, 5.74) is 4.70. The molecule has 0 bridgehead atoms.